The average molecular weight is 374 g/mol. The fourth-order valence-corrected chi connectivity index (χ4v) is 4.04. The van der Waals surface area contributed by atoms with E-state index in [1.807, 2.05) is 0 Å². The van der Waals surface area contributed by atoms with Gasteiger partial charge in [-0.15, -0.1) is 11.3 Å². The Bertz CT molecular complexity index is 823. The minimum atomic E-state index is -3.76. The maximum Gasteiger partial charge on any atom is 0.250 e. The molecule has 1 unspecified atom stereocenters. The van der Waals surface area contributed by atoms with Gasteiger partial charge in [0.2, 0.25) is 5.91 Å². The first kappa shape index (κ1) is 18.5. The minimum absolute atomic E-state index is 0.0203. The van der Waals surface area contributed by atoms with Gasteiger partial charge in [0.1, 0.15) is 15.8 Å². The van der Waals surface area contributed by atoms with Crippen LogP contribution in [0.3, 0.4) is 0 Å². The Labute approximate surface area is 143 Å². The van der Waals surface area contributed by atoms with Crippen LogP contribution in [0, 0.1) is 11.6 Å². The van der Waals surface area contributed by atoms with Crippen molar-refractivity contribution >= 4 is 27.3 Å². The molecule has 0 aliphatic heterocycles. The summed E-state index contributed by atoms with van der Waals surface area (Å²) in [7, 11) is -2.36. The SMILES string of the molecule is CC(c1cc(F)ccc1F)N(C)C(=O)CNS(=O)(=O)c1cccs1. The van der Waals surface area contributed by atoms with Crippen LogP contribution >= 0.6 is 11.3 Å². The molecule has 0 bridgehead atoms. The molecule has 5 nitrogen and oxygen atoms in total. The first-order chi connectivity index (χ1) is 11.2. The fourth-order valence-electron chi connectivity index (χ4n) is 2.03. The van der Waals surface area contributed by atoms with Crippen LogP contribution in [-0.2, 0) is 14.8 Å². The predicted octanol–water partition coefficient (Wildman–Crippen LogP) is 2.52. The predicted molar refractivity (Wildman–Crippen MR) is 87.1 cm³/mol. The third-order valence-corrected chi connectivity index (χ3v) is 6.35. The van der Waals surface area contributed by atoms with Gasteiger partial charge in [0.15, 0.2) is 0 Å². The second-order valence-electron chi connectivity index (χ2n) is 5.10. The van der Waals surface area contributed by atoms with Crippen LogP contribution in [0.2, 0.25) is 0 Å². The Kier molecular flexibility index (Phi) is 5.68. The highest BCUT2D eigenvalue weighted by atomic mass is 32.2. The number of rotatable bonds is 6. The molecule has 0 saturated carbocycles. The van der Waals surface area contributed by atoms with Crippen LogP contribution < -0.4 is 4.72 Å². The van der Waals surface area contributed by atoms with Crippen molar-refractivity contribution in [1.29, 1.82) is 0 Å². The number of sulfonamides is 1. The second kappa shape index (κ2) is 7.37. The van der Waals surface area contributed by atoms with Crippen molar-refractivity contribution in [3.63, 3.8) is 0 Å². The normalized spacial score (nSPS) is 12.8. The number of hydrogen-bond acceptors (Lipinski definition) is 4. The lowest BCUT2D eigenvalue weighted by molar-refractivity contribution is -0.130. The summed E-state index contributed by atoms with van der Waals surface area (Å²) in [6, 6.07) is 5.24. The standard InChI is InChI=1S/C15H16F2N2O3S2/c1-10(12-8-11(16)5-6-13(12)17)19(2)14(20)9-18-24(21,22)15-4-3-7-23-15/h3-8,10,18H,9H2,1-2H3. The van der Waals surface area contributed by atoms with Crippen molar-refractivity contribution in [3.05, 3.63) is 52.9 Å². The first-order valence-corrected chi connectivity index (χ1v) is 9.32. The number of hydrogen-bond donors (Lipinski definition) is 1. The van der Waals surface area contributed by atoms with Gasteiger partial charge in [-0.1, -0.05) is 6.07 Å². The molecule has 0 aliphatic carbocycles. The van der Waals surface area contributed by atoms with E-state index in [4.69, 9.17) is 0 Å². The van der Waals surface area contributed by atoms with Crippen LogP contribution in [0.25, 0.3) is 0 Å². The smallest absolute Gasteiger partial charge is 0.250 e. The average Bonchev–Trinajstić information content (AvgIpc) is 3.09. The molecule has 0 aliphatic rings. The number of nitrogens with one attached hydrogen (secondary N) is 1. The Balaban J connectivity index is 2.05. The molecule has 0 fully saturated rings. The van der Waals surface area contributed by atoms with Crippen molar-refractivity contribution in [1.82, 2.24) is 9.62 Å². The molecule has 9 heteroatoms. The van der Waals surface area contributed by atoms with Gasteiger partial charge in [-0.05, 0) is 36.6 Å². The molecule has 0 radical (unpaired) electrons. The Hall–Kier alpha value is -1.84. The summed E-state index contributed by atoms with van der Waals surface area (Å²) in [5.74, 6) is -1.81. The summed E-state index contributed by atoms with van der Waals surface area (Å²) in [5, 5.41) is 1.61. The number of thiophene rings is 1. The van der Waals surface area contributed by atoms with Crippen molar-refractivity contribution in [3.8, 4) is 0 Å². The lowest BCUT2D eigenvalue weighted by Crippen LogP contribution is -2.39. The van der Waals surface area contributed by atoms with Crippen molar-refractivity contribution in [2.75, 3.05) is 13.6 Å². The lowest BCUT2D eigenvalue weighted by Gasteiger charge is -2.25. The van der Waals surface area contributed by atoms with E-state index < -0.39 is 40.2 Å². The van der Waals surface area contributed by atoms with E-state index >= 15 is 0 Å². The number of carbonyl (C=O) groups excluding carboxylic acids is 1. The number of carbonyl (C=O) groups is 1. The third kappa shape index (κ3) is 4.16. The van der Waals surface area contributed by atoms with E-state index in [1.165, 1.54) is 20.0 Å². The number of nitrogens with zero attached hydrogens (tertiary/aromatic N) is 1. The van der Waals surface area contributed by atoms with E-state index in [9.17, 15) is 22.0 Å². The summed E-state index contributed by atoms with van der Waals surface area (Å²) < 4.78 is 53.3. The first-order valence-electron chi connectivity index (χ1n) is 6.96. The molecular weight excluding hydrogens is 358 g/mol. The van der Waals surface area contributed by atoms with E-state index in [0.717, 1.165) is 34.4 Å². The zero-order valence-corrected chi connectivity index (χ0v) is 14.6. The van der Waals surface area contributed by atoms with Gasteiger partial charge in [-0.2, -0.15) is 0 Å². The van der Waals surface area contributed by atoms with Gasteiger partial charge in [0.05, 0.1) is 12.6 Å². The number of halogens is 2. The molecular formula is C15H16F2N2O3S2. The molecule has 1 aromatic carbocycles. The number of likely N-dealkylation sites (N-methyl/N-ethyl adjacent to an activating group) is 1. The van der Waals surface area contributed by atoms with Crippen LogP contribution in [0.15, 0.2) is 39.9 Å². The summed E-state index contributed by atoms with van der Waals surface area (Å²) in [5.41, 5.74) is 0.0203. The molecule has 1 heterocycles. The molecule has 1 amide bonds. The van der Waals surface area contributed by atoms with E-state index in [2.05, 4.69) is 4.72 Å². The van der Waals surface area contributed by atoms with Crippen LogP contribution in [-0.4, -0.2) is 32.8 Å². The second-order valence-corrected chi connectivity index (χ2v) is 8.04. The molecule has 0 saturated heterocycles. The molecule has 1 aromatic heterocycles. The van der Waals surface area contributed by atoms with Gasteiger partial charge in [0, 0.05) is 12.6 Å². The summed E-state index contributed by atoms with van der Waals surface area (Å²) in [6.45, 7) is 1.06. The monoisotopic (exact) mass is 374 g/mol. The van der Waals surface area contributed by atoms with Gasteiger partial charge in [0.25, 0.3) is 10.0 Å². The zero-order chi connectivity index (χ0) is 17.9. The molecule has 1 atom stereocenters. The third-order valence-electron chi connectivity index (χ3n) is 3.56. The van der Waals surface area contributed by atoms with E-state index in [1.54, 1.807) is 11.4 Å². The lowest BCUT2D eigenvalue weighted by atomic mass is 10.1. The van der Waals surface area contributed by atoms with E-state index in [0.29, 0.717) is 0 Å². The number of amides is 1. The quantitative estimate of drug-likeness (QED) is 0.845. The summed E-state index contributed by atoms with van der Waals surface area (Å²) >= 11 is 1.03. The van der Waals surface area contributed by atoms with Crippen LogP contribution in [0.5, 0.6) is 0 Å². The molecule has 130 valence electrons. The largest absolute Gasteiger partial charge is 0.338 e. The molecule has 24 heavy (non-hydrogen) atoms. The summed E-state index contributed by atoms with van der Waals surface area (Å²) in [6.07, 6.45) is 0. The highest BCUT2D eigenvalue weighted by Gasteiger charge is 2.23. The van der Waals surface area contributed by atoms with Crippen LogP contribution in [0.4, 0.5) is 8.78 Å². The number of benzene rings is 1. The molecule has 2 aromatic rings. The molecule has 2 rings (SSSR count). The van der Waals surface area contributed by atoms with Gasteiger partial charge in [-0.25, -0.2) is 21.9 Å². The molecule has 1 N–H and O–H groups in total. The maximum atomic E-state index is 13.8. The minimum Gasteiger partial charge on any atom is -0.338 e. The Morgan fingerprint density at radius 1 is 1.33 bits per heavy atom. The van der Waals surface area contributed by atoms with E-state index in [-0.39, 0.29) is 9.77 Å². The van der Waals surface area contributed by atoms with Crippen molar-refractivity contribution in [2.24, 2.45) is 0 Å². The highest BCUT2D eigenvalue weighted by Crippen LogP contribution is 2.23. The Morgan fingerprint density at radius 2 is 2.04 bits per heavy atom. The summed E-state index contributed by atoms with van der Waals surface area (Å²) in [4.78, 5) is 13.3. The van der Waals surface area contributed by atoms with Gasteiger partial charge >= 0.3 is 0 Å². The fraction of sp³-hybridized carbons (Fsp3) is 0.267. The van der Waals surface area contributed by atoms with Crippen molar-refractivity contribution in [2.45, 2.75) is 17.2 Å². The van der Waals surface area contributed by atoms with Crippen LogP contribution in [0.1, 0.15) is 18.5 Å². The molecule has 0 spiro atoms. The maximum absolute atomic E-state index is 13.8. The topological polar surface area (TPSA) is 66.5 Å². The van der Waals surface area contributed by atoms with Gasteiger partial charge < -0.3 is 4.90 Å². The highest BCUT2D eigenvalue weighted by molar-refractivity contribution is 7.91. The zero-order valence-electron chi connectivity index (χ0n) is 13.0. The van der Waals surface area contributed by atoms with Crippen molar-refractivity contribution < 1.29 is 22.0 Å². The van der Waals surface area contributed by atoms with Gasteiger partial charge in [-0.3, -0.25) is 4.79 Å². The Morgan fingerprint density at radius 3 is 2.67 bits per heavy atom.